The van der Waals surface area contributed by atoms with Gasteiger partial charge in [0.2, 0.25) is 0 Å². The Morgan fingerprint density at radius 1 is 1.59 bits per heavy atom. The maximum absolute atomic E-state index is 10.9. The SMILES string of the molecule is CCNC(CSc1cccc(OC)c1)C(=O)O. The van der Waals surface area contributed by atoms with Gasteiger partial charge in [0.1, 0.15) is 11.8 Å². The van der Waals surface area contributed by atoms with Gasteiger partial charge in [-0.05, 0) is 24.7 Å². The van der Waals surface area contributed by atoms with E-state index < -0.39 is 12.0 Å². The normalized spacial score (nSPS) is 12.1. The van der Waals surface area contributed by atoms with E-state index in [1.807, 2.05) is 31.2 Å². The van der Waals surface area contributed by atoms with E-state index in [0.29, 0.717) is 12.3 Å². The fraction of sp³-hybridized carbons (Fsp3) is 0.417. The number of thioether (sulfide) groups is 1. The molecule has 5 heteroatoms. The summed E-state index contributed by atoms with van der Waals surface area (Å²) in [5.41, 5.74) is 0. The number of aliphatic carboxylic acids is 1. The molecule has 0 aliphatic rings. The molecule has 17 heavy (non-hydrogen) atoms. The van der Waals surface area contributed by atoms with Crippen LogP contribution in [0.5, 0.6) is 5.75 Å². The number of hydrogen-bond acceptors (Lipinski definition) is 4. The van der Waals surface area contributed by atoms with E-state index in [4.69, 9.17) is 9.84 Å². The first-order chi connectivity index (χ1) is 8.17. The lowest BCUT2D eigenvalue weighted by Gasteiger charge is -2.12. The summed E-state index contributed by atoms with van der Waals surface area (Å²) < 4.78 is 5.11. The van der Waals surface area contributed by atoms with Crippen molar-refractivity contribution in [3.8, 4) is 5.75 Å². The summed E-state index contributed by atoms with van der Waals surface area (Å²) in [7, 11) is 1.61. The van der Waals surface area contributed by atoms with Crippen molar-refractivity contribution in [3.63, 3.8) is 0 Å². The molecule has 0 spiro atoms. The predicted molar refractivity (Wildman–Crippen MR) is 68.8 cm³/mol. The summed E-state index contributed by atoms with van der Waals surface area (Å²) >= 11 is 1.50. The molecule has 0 aromatic heterocycles. The number of carboxylic acid groups (broad SMARTS) is 1. The zero-order valence-electron chi connectivity index (χ0n) is 9.97. The van der Waals surface area contributed by atoms with Crippen molar-refractivity contribution >= 4 is 17.7 Å². The minimum atomic E-state index is -0.817. The van der Waals surface area contributed by atoms with Crippen LogP contribution in [0.25, 0.3) is 0 Å². The van der Waals surface area contributed by atoms with Crippen LogP contribution in [0.15, 0.2) is 29.2 Å². The highest BCUT2D eigenvalue weighted by molar-refractivity contribution is 7.99. The van der Waals surface area contributed by atoms with Crippen LogP contribution in [0, 0.1) is 0 Å². The predicted octanol–water partition coefficient (Wildman–Crippen LogP) is 1.85. The average Bonchev–Trinajstić information content (AvgIpc) is 2.34. The van der Waals surface area contributed by atoms with E-state index in [-0.39, 0.29) is 0 Å². The van der Waals surface area contributed by atoms with Gasteiger partial charge < -0.3 is 15.2 Å². The summed E-state index contributed by atoms with van der Waals surface area (Å²) in [6.45, 7) is 2.54. The third kappa shape index (κ3) is 4.66. The van der Waals surface area contributed by atoms with Gasteiger partial charge in [-0.3, -0.25) is 4.79 Å². The highest BCUT2D eigenvalue weighted by atomic mass is 32.2. The van der Waals surface area contributed by atoms with E-state index >= 15 is 0 Å². The Bertz CT molecular complexity index is 371. The van der Waals surface area contributed by atoms with Crippen molar-refractivity contribution < 1.29 is 14.6 Å². The van der Waals surface area contributed by atoms with Gasteiger partial charge in [-0.25, -0.2) is 0 Å². The topological polar surface area (TPSA) is 58.6 Å². The van der Waals surface area contributed by atoms with Crippen molar-refractivity contribution in [3.05, 3.63) is 24.3 Å². The van der Waals surface area contributed by atoms with Gasteiger partial charge in [0.25, 0.3) is 0 Å². The minimum absolute atomic E-state index is 0.496. The van der Waals surface area contributed by atoms with Crippen LogP contribution in [0.2, 0.25) is 0 Å². The molecule has 0 amide bonds. The van der Waals surface area contributed by atoms with Crippen LogP contribution in [0.4, 0.5) is 0 Å². The number of benzene rings is 1. The van der Waals surface area contributed by atoms with E-state index in [0.717, 1.165) is 10.6 Å². The Kier molecular flexibility index (Phi) is 5.86. The first kappa shape index (κ1) is 13.9. The molecule has 0 aliphatic heterocycles. The smallest absolute Gasteiger partial charge is 0.321 e. The van der Waals surface area contributed by atoms with E-state index in [1.165, 1.54) is 11.8 Å². The minimum Gasteiger partial charge on any atom is -0.497 e. The molecule has 0 bridgehead atoms. The monoisotopic (exact) mass is 255 g/mol. The zero-order valence-corrected chi connectivity index (χ0v) is 10.8. The second-order valence-electron chi connectivity index (χ2n) is 3.44. The van der Waals surface area contributed by atoms with Crippen molar-refractivity contribution in [1.82, 2.24) is 5.32 Å². The van der Waals surface area contributed by atoms with Crippen LogP contribution in [-0.4, -0.2) is 36.5 Å². The summed E-state index contributed by atoms with van der Waals surface area (Å²) in [4.78, 5) is 11.9. The van der Waals surface area contributed by atoms with Crippen molar-refractivity contribution in [2.45, 2.75) is 17.9 Å². The van der Waals surface area contributed by atoms with Gasteiger partial charge in [-0.1, -0.05) is 13.0 Å². The molecule has 1 rings (SSSR count). The van der Waals surface area contributed by atoms with Crippen molar-refractivity contribution in [2.24, 2.45) is 0 Å². The number of nitrogens with one attached hydrogen (secondary N) is 1. The van der Waals surface area contributed by atoms with Gasteiger partial charge in [-0.2, -0.15) is 0 Å². The largest absolute Gasteiger partial charge is 0.497 e. The van der Waals surface area contributed by atoms with Crippen molar-refractivity contribution in [2.75, 3.05) is 19.4 Å². The molecule has 0 fully saturated rings. The highest BCUT2D eigenvalue weighted by Gasteiger charge is 2.15. The number of rotatable bonds is 7. The summed E-state index contributed by atoms with van der Waals surface area (Å²) in [6.07, 6.45) is 0. The number of ether oxygens (including phenoxy) is 1. The Labute approximate surface area is 105 Å². The van der Waals surface area contributed by atoms with Crippen LogP contribution in [-0.2, 0) is 4.79 Å². The molecule has 1 atom stereocenters. The molecule has 0 heterocycles. The Hall–Kier alpha value is -1.20. The number of methoxy groups -OCH3 is 1. The van der Waals surface area contributed by atoms with E-state index in [9.17, 15) is 4.79 Å². The number of carbonyl (C=O) groups is 1. The van der Waals surface area contributed by atoms with E-state index in [2.05, 4.69) is 5.32 Å². The lowest BCUT2D eigenvalue weighted by molar-refractivity contribution is -0.138. The maximum Gasteiger partial charge on any atom is 0.321 e. The van der Waals surface area contributed by atoms with Gasteiger partial charge >= 0.3 is 5.97 Å². The second-order valence-corrected chi connectivity index (χ2v) is 4.53. The maximum atomic E-state index is 10.9. The van der Waals surface area contributed by atoms with Gasteiger partial charge in [-0.15, -0.1) is 11.8 Å². The molecule has 0 aliphatic carbocycles. The number of likely N-dealkylation sites (N-methyl/N-ethyl adjacent to an activating group) is 1. The highest BCUT2D eigenvalue weighted by Crippen LogP contribution is 2.23. The molecule has 1 aromatic carbocycles. The lowest BCUT2D eigenvalue weighted by atomic mass is 10.3. The molecular weight excluding hydrogens is 238 g/mol. The molecule has 0 radical (unpaired) electrons. The Morgan fingerprint density at radius 3 is 2.94 bits per heavy atom. The summed E-state index contributed by atoms with van der Waals surface area (Å²) in [5.74, 6) is 0.462. The van der Waals surface area contributed by atoms with Crippen LogP contribution >= 0.6 is 11.8 Å². The van der Waals surface area contributed by atoms with Crippen molar-refractivity contribution in [1.29, 1.82) is 0 Å². The van der Waals surface area contributed by atoms with Gasteiger partial charge in [0.15, 0.2) is 0 Å². The summed E-state index contributed by atoms with van der Waals surface area (Å²) in [5, 5.41) is 11.9. The summed E-state index contributed by atoms with van der Waals surface area (Å²) in [6, 6.07) is 7.08. The number of carboxylic acids is 1. The third-order valence-corrected chi connectivity index (χ3v) is 3.29. The zero-order chi connectivity index (χ0) is 12.7. The fourth-order valence-electron chi connectivity index (χ4n) is 1.33. The quantitative estimate of drug-likeness (QED) is 0.728. The molecule has 0 saturated carbocycles. The second kappa shape index (κ2) is 7.19. The average molecular weight is 255 g/mol. The molecule has 1 aromatic rings. The van der Waals surface area contributed by atoms with Crippen LogP contribution in [0.1, 0.15) is 6.92 Å². The number of hydrogen-bond donors (Lipinski definition) is 2. The standard InChI is InChI=1S/C12H17NO3S/c1-3-13-11(12(14)15)8-17-10-6-4-5-9(7-10)16-2/h4-7,11,13H,3,8H2,1-2H3,(H,14,15). The third-order valence-electron chi connectivity index (χ3n) is 2.21. The molecular formula is C12H17NO3S. The lowest BCUT2D eigenvalue weighted by Crippen LogP contribution is -2.38. The van der Waals surface area contributed by atoms with Gasteiger partial charge in [0.05, 0.1) is 7.11 Å². The first-order valence-electron chi connectivity index (χ1n) is 5.40. The van der Waals surface area contributed by atoms with Crippen LogP contribution in [0.3, 0.4) is 0 Å². The molecule has 94 valence electrons. The fourth-order valence-corrected chi connectivity index (χ4v) is 2.33. The Balaban J connectivity index is 2.55. The molecule has 1 unspecified atom stereocenters. The van der Waals surface area contributed by atoms with E-state index in [1.54, 1.807) is 7.11 Å². The first-order valence-corrected chi connectivity index (χ1v) is 6.39. The Morgan fingerprint density at radius 2 is 2.35 bits per heavy atom. The molecule has 2 N–H and O–H groups in total. The molecule has 4 nitrogen and oxygen atoms in total. The van der Waals surface area contributed by atoms with Crippen LogP contribution < -0.4 is 10.1 Å². The molecule has 0 saturated heterocycles. The van der Waals surface area contributed by atoms with Gasteiger partial charge in [0, 0.05) is 10.6 Å².